The van der Waals surface area contributed by atoms with Crippen LogP contribution in [0.2, 0.25) is 0 Å². The van der Waals surface area contributed by atoms with Gasteiger partial charge in [0.05, 0.1) is 30.6 Å². The second-order valence-corrected chi connectivity index (χ2v) is 8.23. The third kappa shape index (κ3) is 4.34. The van der Waals surface area contributed by atoms with Gasteiger partial charge in [0.2, 0.25) is 5.88 Å². The lowest BCUT2D eigenvalue weighted by atomic mass is 9.84. The van der Waals surface area contributed by atoms with Crippen LogP contribution in [0.5, 0.6) is 17.2 Å². The number of nitrogens with zero attached hydrogens (tertiary/aromatic N) is 3. The maximum atomic E-state index is 13.8. The minimum absolute atomic E-state index is 0.0729. The zero-order valence-corrected chi connectivity index (χ0v) is 20.0. The molecule has 2 heterocycles. The Bertz CT molecular complexity index is 1470. The molecule has 0 fully saturated rings. The number of ether oxygens (including phenoxy) is 3. The smallest absolute Gasteiger partial charge is 0.269 e. The van der Waals surface area contributed by atoms with Gasteiger partial charge in [-0.25, -0.2) is 0 Å². The Morgan fingerprint density at radius 2 is 1.83 bits per heavy atom. The number of aryl methyl sites for hydroxylation is 2. The van der Waals surface area contributed by atoms with Crippen molar-refractivity contribution in [2.24, 2.45) is 5.73 Å². The number of nitriles is 1. The van der Waals surface area contributed by atoms with Crippen LogP contribution in [0.15, 0.2) is 64.8 Å². The van der Waals surface area contributed by atoms with E-state index in [2.05, 4.69) is 0 Å². The third-order valence-corrected chi connectivity index (χ3v) is 6.20. The summed E-state index contributed by atoms with van der Waals surface area (Å²) in [5.74, 6) is 0.547. The molecule has 0 spiro atoms. The molecule has 184 valence electrons. The highest BCUT2D eigenvalue weighted by molar-refractivity contribution is 5.56. The van der Waals surface area contributed by atoms with Crippen molar-refractivity contribution in [1.29, 1.82) is 5.26 Å². The Kier molecular flexibility index (Phi) is 6.65. The van der Waals surface area contributed by atoms with E-state index in [9.17, 15) is 20.2 Å². The number of allylic oxidation sites excluding steroid dienone is 1. The number of benzene rings is 2. The first-order chi connectivity index (χ1) is 17.3. The average Bonchev–Trinajstić information content (AvgIpc) is 2.87. The summed E-state index contributed by atoms with van der Waals surface area (Å²) in [7, 11) is 3.12. The van der Waals surface area contributed by atoms with Gasteiger partial charge in [0.1, 0.15) is 17.4 Å². The van der Waals surface area contributed by atoms with E-state index in [4.69, 9.17) is 19.9 Å². The summed E-state index contributed by atoms with van der Waals surface area (Å²) in [5, 5.41) is 20.9. The van der Waals surface area contributed by atoms with Crippen molar-refractivity contribution >= 4 is 5.69 Å². The van der Waals surface area contributed by atoms with E-state index in [1.165, 1.54) is 24.3 Å². The molecular formula is C26H24N4O6. The first-order valence-corrected chi connectivity index (χ1v) is 11.1. The monoisotopic (exact) mass is 488 g/mol. The van der Waals surface area contributed by atoms with Gasteiger partial charge in [-0.3, -0.25) is 14.9 Å². The van der Waals surface area contributed by atoms with Crippen LogP contribution >= 0.6 is 0 Å². The van der Waals surface area contributed by atoms with E-state index in [1.807, 2.05) is 24.3 Å². The molecular weight excluding hydrogens is 464 g/mol. The normalized spacial score (nSPS) is 14.4. The Morgan fingerprint density at radius 1 is 1.14 bits per heavy atom. The molecule has 1 aliphatic heterocycles. The zero-order valence-electron chi connectivity index (χ0n) is 20.0. The Morgan fingerprint density at radius 3 is 2.44 bits per heavy atom. The number of nitrogens with two attached hydrogens (primary N) is 1. The van der Waals surface area contributed by atoms with E-state index in [-0.39, 0.29) is 34.0 Å². The van der Waals surface area contributed by atoms with Gasteiger partial charge in [-0.1, -0.05) is 18.2 Å². The number of aromatic nitrogens is 1. The first-order valence-electron chi connectivity index (χ1n) is 11.1. The molecule has 0 saturated carbocycles. The summed E-state index contributed by atoms with van der Waals surface area (Å²) >= 11 is 0. The van der Waals surface area contributed by atoms with Crippen LogP contribution in [0.3, 0.4) is 0 Å². The molecule has 0 aliphatic carbocycles. The lowest BCUT2D eigenvalue weighted by Gasteiger charge is -2.27. The van der Waals surface area contributed by atoms with Crippen molar-refractivity contribution in [2.45, 2.75) is 25.8 Å². The number of fused-ring (bicyclic) bond motifs is 1. The average molecular weight is 489 g/mol. The highest BCUT2D eigenvalue weighted by Crippen LogP contribution is 2.40. The molecule has 1 unspecified atom stereocenters. The van der Waals surface area contributed by atoms with Crippen LogP contribution < -0.4 is 25.5 Å². The van der Waals surface area contributed by atoms with Gasteiger partial charge in [0.15, 0.2) is 11.5 Å². The van der Waals surface area contributed by atoms with Crippen LogP contribution in [0, 0.1) is 28.4 Å². The van der Waals surface area contributed by atoms with Gasteiger partial charge >= 0.3 is 0 Å². The molecule has 1 aromatic heterocycles. The largest absolute Gasteiger partial charge is 0.493 e. The van der Waals surface area contributed by atoms with Crippen molar-refractivity contribution in [3.05, 3.63) is 103 Å². The third-order valence-electron chi connectivity index (χ3n) is 6.20. The molecule has 36 heavy (non-hydrogen) atoms. The van der Waals surface area contributed by atoms with Crippen LogP contribution in [0.1, 0.15) is 28.3 Å². The number of hydrogen-bond donors (Lipinski definition) is 1. The van der Waals surface area contributed by atoms with E-state index in [0.29, 0.717) is 35.7 Å². The van der Waals surface area contributed by atoms with Crippen molar-refractivity contribution in [3.8, 4) is 23.3 Å². The van der Waals surface area contributed by atoms with Crippen molar-refractivity contribution in [3.63, 3.8) is 0 Å². The summed E-state index contributed by atoms with van der Waals surface area (Å²) in [6.07, 6.45) is 0.534. The number of methoxy groups -OCH3 is 2. The fraction of sp³-hybridized carbons (Fsp3) is 0.231. The quantitative estimate of drug-likeness (QED) is 0.393. The lowest BCUT2D eigenvalue weighted by Crippen LogP contribution is -2.33. The highest BCUT2D eigenvalue weighted by Gasteiger charge is 2.34. The van der Waals surface area contributed by atoms with E-state index >= 15 is 0 Å². The molecule has 0 saturated heterocycles. The summed E-state index contributed by atoms with van der Waals surface area (Å²) in [5.41, 5.74) is 8.07. The fourth-order valence-corrected chi connectivity index (χ4v) is 4.36. The lowest BCUT2D eigenvalue weighted by molar-refractivity contribution is -0.384. The minimum atomic E-state index is -0.819. The molecule has 4 rings (SSSR count). The molecule has 3 aromatic rings. The van der Waals surface area contributed by atoms with E-state index in [1.54, 1.807) is 31.8 Å². The summed E-state index contributed by atoms with van der Waals surface area (Å²) < 4.78 is 17.9. The summed E-state index contributed by atoms with van der Waals surface area (Å²) in [6, 6.07) is 15.0. The van der Waals surface area contributed by atoms with Crippen LogP contribution in [-0.4, -0.2) is 23.7 Å². The van der Waals surface area contributed by atoms with Gasteiger partial charge in [0.25, 0.3) is 11.2 Å². The van der Waals surface area contributed by atoms with Crippen molar-refractivity contribution in [2.75, 3.05) is 14.2 Å². The number of nitro groups is 1. The van der Waals surface area contributed by atoms with Crippen LogP contribution in [0.25, 0.3) is 0 Å². The molecule has 2 N–H and O–H groups in total. The Hall–Kier alpha value is -4.78. The fourth-order valence-electron chi connectivity index (χ4n) is 4.36. The molecule has 0 radical (unpaired) electrons. The molecule has 0 amide bonds. The summed E-state index contributed by atoms with van der Waals surface area (Å²) in [4.78, 5) is 24.3. The first kappa shape index (κ1) is 24.3. The minimum Gasteiger partial charge on any atom is -0.493 e. The Labute approximate surface area is 206 Å². The van der Waals surface area contributed by atoms with Gasteiger partial charge in [0, 0.05) is 30.4 Å². The Balaban J connectivity index is 1.76. The van der Waals surface area contributed by atoms with Gasteiger partial charge in [-0.15, -0.1) is 0 Å². The predicted octanol–water partition coefficient (Wildman–Crippen LogP) is 3.54. The molecule has 10 heteroatoms. The molecule has 1 aliphatic rings. The van der Waals surface area contributed by atoms with Gasteiger partial charge < -0.3 is 24.5 Å². The maximum Gasteiger partial charge on any atom is 0.269 e. The van der Waals surface area contributed by atoms with Gasteiger partial charge in [-0.2, -0.15) is 5.26 Å². The zero-order chi connectivity index (χ0) is 26.0. The van der Waals surface area contributed by atoms with Crippen molar-refractivity contribution < 1.29 is 19.1 Å². The van der Waals surface area contributed by atoms with Gasteiger partial charge in [-0.05, 0) is 36.6 Å². The predicted molar refractivity (Wildman–Crippen MR) is 131 cm³/mol. The molecule has 2 aromatic carbocycles. The maximum absolute atomic E-state index is 13.8. The number of non-ortho nitro benzene ring substituents is 1. The van der Waals surface area contributed by atoms with E-state index < -0.39 is 10.8 Å². The highest BCUT2D eigenvalue weighted by atomic mass is 16.6. The van der Waals surface area contributed by atoms with Crippen molar-refractivity contribution in [1.82, 2.24) is 4.57 Å². The number of pyridine rings is 1. The molecule has 10 nitrogen and oxygen atoms in total. The van der Waals surface area contributed by atoms with Crippen LogP contribution in [0.4, 0.5) is 5.69 Å². The molecule has 1 atom stereocenters. The second kappa shape index (κ2) is 9.84. The molecule has 0 bridgehead atoms. The topological polar surface area (TPSA) is 143 Å². The van der Waals surface area contributed by atoms with Crippen LogP contribution in [-0.2, 0) is 13.0 Å². The standard InChI is InChI=1S/C26H24N4O6/c1-15-12-22-24(26(31)29(15)11-10-16-4-9-20(34-2)21(13-16)35-3)23(19(14-27)25(28)36-22)17-5-7-18(8-6-17)30(32)33/h4-9,12-13,23H,10-11,28H2,1-3H3. The summed E-state index contributed by atoms with van der Waals surface area (Å²) in [6.45, 7) is 2.15. The SMILES string of the molecule is COc1ccc(CCn2c(C)cc3c(c2=O)C(c2ccc([N+](=O)[O-])cc2)C(C#N)=C(N)O3)cc1OC. The van der Waals surface area contributed by atoms with E-state index in [0.717, 1.165) is 5.56 Å². The number of rotatable bonds is 7. The second-order valence-electron chi connectivity index (χ2n) is 8.23. The number of nitro benzene ring substituents is 1. The number of hydrogen-bond acceptors (Lipinski definition) is 8.